The van der Waals surface area contributed by atoms with Crippen LogP contribution in [0.4, 0.5) is 0 Å². The number of benzene rings is 1. The molecule has 5 heteroatoms. The van der Waals surface area contributed by atoms with Gasteiger partial charge in [0.05, 0.1) is 17.1 Å². The number of esters is 1. The normalized spacial score (nSPS) is 9.89. The molecule has 0 aliphatic heterocycles. The summed E-state index contributed by atoms with van der Waals surface area (Å²) in [6.07, 6.45) is 5.13. The van der Waals surface area contributed by atoms with Gasteiger partial charge in [-0.1, -0.05) is 35.7 Å². The Balaban J connectivity index is 2.10. The van der Waals surface area contributed by atoms with E-state index in [0.717, 1.165) is 10.6 Å². The standard InChI is InChI=1S/C14H10ClNO2S/c1-2-7-18-13(17)8-10-9-19-14(16-10)11-5-3-4-6-12(11)15/h1,3-6,9H,7-8H2. The van der Waals surface area contributed by atoms with Crippen molar-refractivity contribution < 1.29 is 9.53 Å². The van der Waals surface area contributed by atoms with Gasteiger partial charge in [0.25, 0.3) is 0 Å². The fraction of sp³-hybridized carbons (Fsp3) is 0.143. The van der Waals surface area contributed by atoms with Crippen LogP contribution in [-0.4, -0.2) is 17.6 Å². The first-order chi connectivity index (χ1) is 9.20. The third-order valence-corrected chi connectivity index (χ3v) is 3.55. The minimum absolute atomic E-state index is 0.0136. The Labute approximate surface area is 120 Å². The monoisotopic (exact) mass is 291 g/mol. The van der Waals surface area contributed by atoms with Crippen LogP contribution in [0.3, 0.4) is 0 Å². The Morgan fingerprint density at radius 1 is 1.47 bits per heavy atom. The van der Waals surface area contributed by atoms with E-state index in [1.54, 1.807) is 6.07 Å². The van der Waals surface area contributed by atoms with Crippen molar-refractivity contribution in [3.05, 3.63) is 40.4 Å². The Morgan fingerprint density at radius 2 is 2.26 bits per heavy atom. The lowest BCUT2D eigenvalue weighted by Gasteiger charge is -1.99. The van der Waals surface area contributed by atoms with Gasteiger partial charge in [-0.3, -0.25) is 4.79 Å². The molecule has 0 aliphatic rings. The predicted octanol–water partition coefficient (Wildman–Crippen LogP) is 3.18. The summed E-state index contributed by atoms with van der Waals surface area (Å²) in [6.45, 7) is -0.0136. The fourth-order valence-electron chi connectivity index (χ4n) is 1.47. The summed E-state index contributed by atoms with van der Waals surface area (Å²) in [5, 5.41) is 3.24. The molecule has 19 heavy (non-hydrogen) atoms. The number of halogens is 1. The van der Waals surface area contributed by atoms with Crippen molar-refractivity contribution in [1.29, 1.82) is 0 Å². The van der Waals surface area contributed by atoms with E-state index in [1.165, 1.54) is 11.3 Å². The first-order valence-corrected chi connectivity index (χ1v) is 6.75. The molecular formula is C14H10ClNO2S. The average molecular weight is 292 g/mol. The van der Waals surface area contributed by atoms with Crippen molar-refractivity contribution in [2.24, 2.45) is 0 Å². The first-order valence-electron chi connectivity index (χ1n) is 5.49. The number of nitrogens with zero attached hydrogens (tertiary/aromatic N) is 1. The summed E-state index contributed by atoms with van der Waals surface area (Å²) in [6, 6.07) is 7.45. The minimum atomic E-state index is -0.381. The van der Waals surface area contributed by atoms with Crippen molar-refractivity contribution in [2.45, 2.75) is 6.42 Å². The zero-order chi connectivity index (χ0) is 13.7. The van der Waals surface area contributed by atoms with Gasteiger partial charge in [0.15, 0.2) is 6.61 Å². The van der Waals surface area contributed by atoms with Crippen LogP contribution in [-0.2, 0) is 16.0 Å². The fourth-order valence-corrected chi connectivity index (χ4v) is 2.61. The Kier molecular flexibility index (Phi) is 4.56. The van der Waals surface area contributed by atoms with Crippen molar-refractivity contribution in [3.8, 4) is 22.9 Å². The van der Waals surface area contributed by atoms with Gasteiger partial charge < -0.3 is 4.74 Å². The molecule has 2 rings (SSSR count). The quantitative estimate of drug-likeness (QED) is 0.641. The second-order valence-corrected chi connectivity index (χ2v) is 4.93. The van der Waals surface area contributed by atoms with E-state index in [2.05, 4.69) is 10.9 Å². The molecular weight excluding hydrogens is 282 g/mol. The molecule has 0 unspecified atom stereocenters. The highest BCUT2D eigenvalue weighted by atomic mass is 35.5. The number of rotatable bonds is 4. The molecule has 0 aliphatic carbocycles. The SMILES string of the molecule is C#CCOC(=O)Cc1csc(-c2ccccc2Cl)n1. The van der Waals surface area contributed by atoms with E-state index < -0.39 is 0 Å². The second-order valence-electron chi connectivity index (χ2n) is 3.67. The minimum Gasteiger partial charge on any atom is -0.452 e. The predicted molar refractivity (Wildman–Crippen MR) is 76.1 cm³/mol. The van der Waals surface area contributed by atoms with Gasteiger partial charge in [0.1, 0.15) is 5.01 Å². The molecule has 0 saturated carbocycles. The van der Waals surface area contributed by atoms with Crippen molar-refractivity contribution in [1.82, 2.24) is 4.98 Å². The first kappa shape index (κ1) is 13.6. The highest BCUT2D eigenvalue weighted by molar-refractivity contribution is 7.13. The van der Waals surface area contributed by atoms with Crippen LogP contribution in [0.15, 0.2) is 29.6 Å². The van der Waals surface area contributed by atoms with Crippen LogP contribution in [0.2, 0.25) is 5.02 Å². The van der Waals surface area contributed by atoms with E-state index in [-0.39, 0.29) is 19.0 Å². The Morgan fingerprint density at radius 3 is 3.00 bits per heavy atom. The summed E-state index contributed by atoms with van der Waals surface area (Å²) >= 11 is 7.53. The average Bonchev–Trinajstić information content (AvgIpc) is 2.85. The molecule has 0 fully saturated rings. The second kappa shape index (κ2) is 6.37. The van der Waals surface area contributed by atoms with Gasteiger partial charge in [-0.05, 0) is 6.07 Å². The van der Waals surface area contributed by atoms with Gasteiger partial charge in [-0.2, -0.15) is 0 Å². The van der Waals surface area contributed by atoms with E-state index in [9.17, 15) is 4.79 Å². The number of carbonyl (C=O) groups is 1. The molecule has 2 aromatic rings. The lowest BCUT2D eigenvalue weighted by atomic mass is 10.2. The topological polar surface area (TPSA) is 39.2 Å². The van der Waals surface area contributed by atoms with Gasteiger partial charge in [-0.15, -0.1) is 17.8 Å². The van der Waals surface area contributed by atoms with E-state index >= 15 is 0 Å². The molecule has 96 valence electrons. The van der Waals surface area contributed by atoms with Gasteiger partial charge >= 0.3 is 5.97 Å². The number of terminal acetylenes is 1. The maximum absolute atomic E-state index is 11.4. The molecule has 0 amide bonds. The number of aromatic nitrogens is 1. The number of carbonyl (C=O) groups excluding carboxylic acids is 1. The van der Waals surface area contributed by atoms with Gasteiger partial charge in [0, 0.05) is 10.9 Å². The van der Waals surface area contributed by atoms with Crippen LogP contribution < -0.4 is 0 Å². The maximum atomic E-state index is 11.4. The third kappa shape index (κ3) is 3.57. The highest BCUT2D eigenvalue weighted by Gasteiger charge is 2.11. The van der Waals surface area contributed by atoms with Gasteiger partial charge in [0.2, 0.25) is 0 Å². The van der Waals surface area contributed by atoms with Gasteiger partial charge in [-0.25, -0.2) is 4.98 Å². The Hall–Kier alpha value is -1.83. The van der Waals surface area contributed by atoms with Crippen LogP contribution in [0, 0.1) is 12.3 Å². The molecule has 0 bridgehead atoms. The summed E-state index contributed by atoms with van der Waals surface area (Å²) in [5.41, 5.74) is 1.51. The molecule has 1 aromatic carbocycles. The van der Waals surface area contributed by atoms with Crippen LogP contribution >= 0.6 is 22.9 Å². The number of ether oxygens (including phenoxy) is 1. The lowest BCUT2D eigenvalue weighted by Crippen LogP contribution is -2.08. The molecule has 0 radical (unpaired) electrons. The van der Waals surface area contributed by atoms with Crippen molar-refractivity contribution in [2.75, 3.05) is 6.61 Å². The van der Waals surface area contributed by atoms with E-state index in [4.69, 9.17) is 22.8 Å². The summed E-state index contributed by atoms with van der Waals surface area (Å²) < 4.78 is 4.80. The maximum Gasteiger partial charge on any atom is 0.312 e. The molecule has 3 nitrogen and oxygen atoms in total. The third-order valence-electron chi connectivity index (χ3n) is 2.30. The zero-order valence-corrected chi connectivity index (χ0v) is 11.5. The summed E-state index contributed by atoms with van der Waals surface area (Å²) in [7, 11) is 0. The number of hydrogen-bond donors (Lipinski definition) is 0. The zero-order valence-electron chi connectivity index (χ0n) is 9.93. The molecule has 0 spiro atoms. The van der Waals surface area contributed by atoms with Crippen molar-refractivity contribution >= 4 is 28.9 Å². The van der Waals surface area contributed by atoms with Crippen LogP contribution in [0.5, 0.6) is 0 Å². The number of hydrogen-bond acceptors (Lipinski definition) is 4. The van der Waals surface area contributed by atoms with E-state index in [0.29, 0.717) is 10.7 Å². The molecule has 0 atom stereocenters. The lowest BCUT2D eigenvalue weighted by molar-refractivity contribution is -0.141. The number of thiazole rings is 1. The molecule has 1 aromatic heterocycles. The summed E-state index contributed by atoms with van der Waals surface area (Å²) in [4.78, 5) is 15.8. The smallest absolute Gasteiger partial charge is 0.312 e. The van der Waals surface area contributed by atoms with Crippen LogP contribution in [0.25, 0.3) is 10.6 Å². The van der Waals surface area contributed by atoms with E-state index in [1.807, 2.05) is 23.6 Å². The van der Waals surface area contributed by atoms with Crippen LogP contribution in [0.1, 0.15) is 5.69 Å². The largest absolute Gasteiger partial charge is 0.452 e. The molecule has 0 saturated heterocycles. The highest BCUT2D eigenvalue weighted by Crippen LogP contribution is 2.30. The Bertz CT molecular complexity index is 630. The van der Waals surface area contributed by atoms with Crippen molar-refractivity contribution in [3.63, 3.8) is 0 Å². The summed E-state index contributed by atoms with van der Waals surface area (Å²) in [5.74, 6) is 1.86. The molecule has 1 heterocycles. The molecule has 0 N–H and O–H groups in total.